The number of nitrogens with zero attached hydrogens (tertiary/aromatic N) is 8. The van der Waals surface area contributed by atoms with Gasteiger partial charge in [0.25, 0.3) is 0 Å². The van der Waals surface area contributed by atoms with Gasteiger partial charge in [-0.3, -0.25) is 19.3 Å². The van der Waals surface area contributed by atoms with Crippen LogP contribution in [0.2, 0.25) is 0 Å². The van der Waals surface area contributed by atoms with Crippen molar-refractivity contribution in [1.82, 2.24) is 75.4 Å². The van der Waals surface area contributed by atoms with E-state index in [2.05, 4.69) is 131 Å². The summed E-state index contributed by atoms with van der Waals surface area (Å²) < 4.78 is 27.9. The molecule has 12 atom stereocenters. The number of likely N-dealkylation sites (tertiary alicyclic amines) is 4. The maximum absolute atomic E-state index is 13.9. The number of ether oxygens (including phenoxy) is 5. The molecule has 0 radical (unpaired) electrons. The minimum absolute atomic E-state index is 0.0204. The highest BCUT2D eigenvalue weighted by Gasteiger charge is 2.57. The number of hydrogen-bond donors (Lipinski definition) is 9. The van der Waals surface area contributed by atoms with Crippen LogP contribution in [-0.4, -0.2) is 183 Å². The van der Waals surface area contributed by atoms with Crippen LogP contribution in [-0.2, 0) is 47.3 Å². The molecule has 29 heteroatoms. The molecule has 0 aliphatic carbocycles. The molecule has 0 unspecified atom stereocenters. The van der Waals surface area contributed by atoms with Crippen molar-refractivity contribution >= 4 is 85.7 Å². The van der Waals surface area contributed by atoms with Crippen LogP contribution >= 0.6 is 0 Å². The zero-order valence-corrected chi connectivity index (χ0v) is 68.2. The number of hydrogen-bond acceptors (Lipinski definition) is 16. The lowest BCUT2D eigenvalue weighted by molar-refractivity contribution is -0.138. The first-order valence-electron chi connectivity index (χ1n) is 40.1. The molecule has 7 amide bonds. The highest BCUT2D eigenvalue weighted by atomic mass is 16.5. The third-order valence-corrected chi connectivity index (χ3v) is 24.8. The van der Waals surface area contributed by atoms with Gasteiger partial charge in [-0.1, -0.05) is 98.7 Å². The van der Waals surface area contributed by atoms with Crippen molar-refractivity contribution in [1.29, 1.82) is 0 Å². The molecule has 0 spiro atoms. The predicted octanol–water partition coefficient (Wildman–Crippen LogP) is 15.0. The standard InChI is InChI=1S/C44H52N8O8.C43H51N7O6/c1-21(2)36(49-43(55)56)42(54)52-23(4)8-13-33(52)40-46-31-12-10-25-16-30-28-11-9-26(15-27(28)20-60-35(30)17-29(25)38(31)48-40)32-18-45-39(47-32)34-14-22(3)19-51(34)41(53)37(24(5)58-6)50-44(57)59-7;1-22(2)35(48-40(52)55-8)38(51)50-24(4)9-14-33(50)37-45-31-13-11-25-16-30-28-12-10-26(15-27(28)21-56-34(30)17-29(25)36(31)47-37)32-19-44-39(46-32)43(42(5,6)7)18-23(3)20-49(43)41(53)54/h9-12,15-18,21-24,33-34,36-37,49H,8,13-14,19-20H2,1-7H3,(H,45,47)(H,46,48)(H,50,57)(H,55,56);10-13,15-17,19,22-24,33,35H,9,14,18,20-21H2,1-8H3,(H,44,46)(H,45,47)(H,48,52)(H,53,54)/t22-,23-,24-,33-,34-,36-,37-;23-,24-,33-,35-,43+/m00/s1. The van der Waals surface area contributed by atoms with E-state index in [0.29, 0.717) is 63.0 Å². The number of carboxylic acid groups (broad SMARTS) is 2. The van der Waals surface area contributed by atoms with E-state index in [1.807, 2.05) is 76.9 Å². The normalized spacial score (nSPS) is 22.0. The van der Waals surface area contributed by atoms with Crippen molar-refractivity contribution in [2.24, 2.45) is 29.1 Å². The summed E-state index contributed by atoms with van der Waals surface area (Å²) in [6, 6.07) is 25.6. The Morgan fingerprint density at radius 3 is 1.53 bits per heavy atom. The minimum Gasteiger partial charge on any atom is -0.488 e. The number of fused-ring (bicyclic) bond motifs is 12. The summed E-state index contributed by atoms with van der Waals surface area (Å²) in [5, 5.41) is 31.4. The summed E-state index contributed by atoms with van der Waals surface area (Å²) >= 11 is 0. The van der Waals surface area contributed by atoms with E-state index in [0.717, 1.165) is 136 Å². The van der Waals surface area contributed by atoms with Crippen molar-refractivity contribution in [2.45, 2.75) is 195 Å². The lowest BCUT2D eigenvalue weighted by Crippen LogP contribution is -2.54. The number of amides is 7. The van der Waals surface area contributed by atoms with Crippen LogP contribution < -0.4 is 25.4 Å². The summed E-state index contributed by atoms with van der Waals surface area (Å²) in [6.07, 6.45) is 4.00. The number of rotatable bonds is 16. The summed E-state index contributed by atoms with van der Waals surface area (Å²) in [5.74, 6) is 3.68. The first kappa shape index (κ1) is 79.5. The van der Waals surface area contributed by atoms with Crippen molar-refractivity contribution in [3.63, 3.8) is 0 Å². The Morgan fingerprint density at radius 1 is 0.552 bits per heavy atom. The van der Waals surface area contributed by atoms with Gasteiger partial charge in [-0.05, 0) is 181 Å². The fourth-order valence-electron chi connectivity index (χ4n) is 18.6. The van der Waals surface area contributed by atoms with Gasteiger partial charge < -0.3 is 84.5 Å². The van der Waals surface area contributed by atoms with E-state index in [4.69, 9.17) is 43.6 Å². The summed E-state index contributed by atoms with van der Waals surface area (Å²) in [7, 11) is 4.05. The van der Waals surface area contributed by atoms with Gasteiger partial charge >= 0.3 is 24.4 Å². The number of methoxy groups -OCH3 is 3. The van der Waals surface area contributed by atoms with E-state index in [-0.39, 0.29) is 77.0 Å². The molecule has 4 aromatic heterocycles. The van der Waals surface area contributed by atoms with E-state index < -0.39 is 54.1 Å². The number of imidazole rings is 4. The molecule has 4 fully saturated rings. The number of aromatic amines is 4. The Bertz CT molecular complexity index is 5520. The number of alkyl carbamates (subject to hydrolysis) is 2. The van der Waals surface area contributed by atoms with Crippen molar-refractivity contribution in [3.8, 4) is 56.3 Å². The lowest BCUT2D eigenvalue weighted by Gasteiger charge is -2.45. The molecule has 29 nitrogen and oxygen atoms in total. The zero-order valence-electron chi connectivity index (χ0n) is 68.2. The van der Waals surface area contributed by atoms with Crippen LogP contribution in [0.5, 0.6) is 11.5 Å². The van der Waals surface area contributed by atoms with Gasteiger partial charge in [-0.25, -0.2) is 39.1 Å². The molecule has 0 bridgehead atoms. The molecule has 4 saturated heterocycles. The first-order chi connectivity index (χ1) is 55.4. The van der Waals surface area contributed by atoms with E-state index in [1.54, 1.807) is 27.8 Å². The Hall–Kier alpha value is -11.8. The van der Waals surface area contributed by atoms with E-state index >= 15 is 0 Å². The molecular formula is C87H103N15O14. The molecule has 6 aliphatic heterocycles. The lowest BCUT2D eigenvalue weighted by atomic mass is 9.70. The molecular weight excluding hydrogens is 1480 g/mol. The van der Waals surface area contributed by atoms with Crippen molar-refractivity contribution < 1.29 is 67.5 Å². The maximum Gasteiger partial charge on any atom is 0.408 e. The largest absolute Gasteiger partial charge is 0.488 e. The van der Waals surface area contributed by atoms with E-state index in [1.165, 1.54) is 21.3 Å². The molecule has 610 valence electrons. The summed E-state index contributed by atoms with van der Waals surface area (Å²) in [4.78, 5) is 131. The van der Waals surface area contributed by atoms with Gasteiger partial charge in [0.1, 0.15) is 71.7 Å². The first-order valence-corrected chi connectivity index (χ1v) is 40.1. The number of H-pyrrole nitrogens is 4. The monoisotopic (exact) mass is 1580 g/mol. The van der Waals surface area contributed by atoms with Gasteiger partial charge in [0.2, 0.25) is 17.7 Å². The summed E-state index contributed by atoms with van der Waals surface area (Å²) in [6.45, 7) is 25.4. The Balaban J connectivity index is 0.000000183. The zero-order chi connectivity index (χ0) is 82.4. The van der Waals surface area contributed by atoms with Gasteiger partial charge in [0.15, 0.2) is 0 Å². The molecule has 116 heavy (non-hydrogen) atoms. The van der Waals surface area contributed by atoms with Crippen LogP contribution in [0.3, 0.4) is 0 Å². The molecule has 10 heterocycles. The topological polar surface area (TPSA) is 370 Å². The maximum atomic E-state index is 13.9. The highest BCUT2D eigenvalue weighted by Crippen LogP contribution is 2.53. The smallest absolute Gasteiger partial charge is 0.408 e. The van der Waals surface area contributed by atoms with Crippen LogP contribution in [0, 0.1) is 29.1 Å². The average Bonchev–Trinajstić information content (AvgIpc) is 1.55. The number of nitrogens with one attached hydrogen (secondary N) is 7. The van der Waals surface area contributed by atoms with Gasteiger partial charge in [-0.2, -0.15) is 0 Å². The van der Waals surface area contributed by atoms with Crippen LogP contribution in [0.4, 0.5) is 19.2 Å². The molecule has 6 aliphatic rings. The van der Waals surface area contributed by atoms with Crippen LogP contribution in [0.25, 0.3) is 88.4 Å². The fourth-order valence-corrected chi connectivity index (χ4v) is 18.6. The van der Waals surface area contributed by atoms with Gasteiger partial charge in [0.05, 0.1) is 84.3 Å². The van der Waals surface area contributed by atoms with Crippen molar-refractivity contribution in [2.75, 3.05) is 34.4 Å². The third kappa shape index (κ3) is 14.4. The quantitative estimate of drug-likeness (QED) is 0.0434. The van der Waals surface area contributed by atoms with Crippen LogP contribution in [0.15, 0.2) is 97.3 Å². The Labute approximate surface area is 671 Å². The van der Waals surface area contributed by atoms with E-state index in [9.17, 15) is 43.8 Å². The van der Waals surface area contributed by atoms with Gasteiger partial charge in [0, 0.05) is 54.2 Å². The molecule has 16 rings (SSSR count). The number of carbonyl (C=O) groups is 7. The number of carbonyl (C=O) groups excluding carboxylic acids is 5. The van der Waals surface area contributed by atoms with Crippen LogP contribution in [0.1, 0.15) is 174 Å². The third-order valence-electron chi connectivity index (χ3n) is 24.8. The summed E-state index contributed by atoms with van der Waals surface area (Å²) in [5.41, 5.74) is 11.9. The van der Waals surface area contributed by atoms with Crippen molar-refractivity contribution in [3.05, 3.63) is 132 Å². The molecule has 9 N–H and O–H groups in total. The molecule has 10 aromatic rings. The number of aromatic nitrogens is 8. The highest BCUT2D eigenvalue weighted by molar-refractivity contribution is 6.08. The minimum atomic E-state index is -1.22. The fraction of sp³-hybridized carbons (Fsp3) is 0.460. The molecule has 6 aromatic carbocycles. The predicted molar refractivity (Wildman–Crippen MR) is 436 cm³/mol. The SMILES string of the molecule is COC(=O)N[C@H](C(=O)N1C[C@@H](C)C[C@H]1c1ncc(-c2ccc3c(c2)COc2cc4c(ccc5nc([C@@H]6CC[C@H](C)N6C(=O)[C@@H](NC(=O)O)C(C)C)[nH]c54)cc2-3)[nH]1)[C@H](C)OC.COC(=O)N[C@H](C(=O)N1[C@@H](C)CC[C@H]1c1nc2ccc3cc4c(cc3c2[nH]1)OCc1cc(-c2cnc([C@@]3(C(C)(C)C)C[C@H](C)CN3C(=O)O)[nH]2)ccc1-4)C(C)C. The second-order valence-corrected chi connectivity index (χ2v) is 34.1. The molecule has 0 saturated carbocycles. The van der Waals surface area contributed by atoms with Gasteiger partial charge in [-0.15, -0.1) is 0 Å². The Kier molecular flexibility index (Phi) is 21.3. The Morgan fingerprint density at radius 2 is 1.05 bits per heavy atom. The average molecular weight is 1580 g/mol. The second kappa shape index (κ2) is 31.1. The second-order valence-electron chi connectivity index (χ2n) is 34.1. The number of benzene rings is 6.